The molecule has 6 heteroatoms. The first-order valence-electron chi connectivity index (χ1n) is 7.73. The van der Waals surface area contributed by atoms with E-state index in [2.05, 4.69) is 5.32 Å². The van der Waals surface area contributed by atoms with Crippen molar-refractivity contribution in [2.75, 3.05) is 11.5 Å². The highest BCUT2D eigenvalue weighted by Gasteiger charge is 2.33. The SMILES string of the molecule is CCOc1ccc(Oc2ccc(N3C(=O)C(C)NC3=S)cc2)cc1. The number of hydrogen-bond donors (Lipinski definition) is 1. The minimum atomic E-state index is -0.294. The van der Waals surface area contributed by atoms with E-state index in [-0.39, 0.29) is 11.9 Å². The second-order valence-corrected chi connectivity index (χ2v) is 5.73. The fraction of sp³-hybridized carbons (Fsp3) is 0.222. The summed E-state index contributed by atoms with van der Waals surface area (Å²) in [5.74, 6) is 2.15. The number of ether oxygens (including phenoxy) is 2. The standard InChI is InChI=1S/C18H18N2O3S/c1-3-22-14-8-10-16(11-9-14)23-15-6-4-13(5-7-15)20-17(21)12(2)19-18(20)24/h4-12H,3H2,1-2H3,(H,19,24). The summed E-state index contributed by atoms with van der Waals surface area (Å²) in [6.45, 7) is 4.36. The molecule has 0 aliphatic carbocycles. The summed E-state index contributed by atoms with van der Waals surface area (Å²) in [5.41, 5.74) is 0.723. The van der Waals surface area contributed by atoms with E-state index in [9.17, 15) is 4.79 Å². The van der Waals surface area contributed by atoms with E-state index in [0.717, 1.165) is 11.4 Å². The smallest absolute Gasteiger partial charge is 0.255 e. The number of carbonyl (C=O) groups is 1. The van der Waals surface area contributed by atoms with Crippen LogP contribution in [0.2, 0.25) is 0 Å². The predicted molar refractivity (Wildman–Crippen MR) is 96.8 cm³/mol. The van der Waals surface area contributed by atoms with E-state index in [4.69, 9.17) is 21.7 Å². The van der Waals surface area contributed by atoms with Gasteiger partial charge in [0.1, 0.15) is 23.3 Å². The Hall–Kier alpha value is -2.60. The fourth-order valence-electron chi connectivity index (χ4n) is 2.42. The molecule has 1 atom stereocenters. The molecule has 1 heterocycles. The van der Waals surface area contributed by atoms with Crippen molar-refractivity contribution in [2.45, 2.75) is 19.9 Å². The Morgan fingerprint density at radius 3 is 2.08 bits per heavy atom. The molecule has 0 spiro atoms. The average molecular weight is 342 g/mol. The van der Waals surface area contributed by atoms with Gasteiger partial charge < -0.3 is 14.8 Å². The molecular weight excluding hydrogens is 324 g/mol. The number of rotatable bonds is 5. The highest BCUT2D eigenvalue weighted by molar-refractivity contribution is 7.80. The average Bonchev–Trinajstić information content (AvgIpc) is 2.83. The molecule has 5 nitrogen and oxygen atoms in total. The summed E-state index contributed by atoms with van der Waals surface area (Å²) in [5, 5.41) is 3.37. The maximum Gasteiger partial charge on any atom is 0.255 e. The molecule has 124 valence electrons. The molecule has 2 aromatic carbocycles. The number of thiocarbonyl (C=S) groups is 1. The van der Waals surface area contributed by atoms with Crippen molar-refractivity contribution in [3.63, 3.8) is 0 Å². The molecule has 1 aliphatic rings. The van der Waals surface area contributed by atoms with Gasteiger partial charge in [0.05, 0.1) is 12.3 Å². The van der Waals surface area contributed by atoms with E-state index >= 15 is 0 Å². The number of hydrogen-bond acceptors (Lipinski definition) is 4. The molecule has 1 aliphatic heterocycles. The Kier molecular flexibility index (Phi) is 4.66. The molecule has 24 heavy (non-hydrogen) atoms. The van der Waals surface area contributed by atoms with E-state index in [0.29, 0.717) is 23.2 Å². The van der Waals surface area contributed by atoms with Gasteiger partial charge in [0, 0.05) is 0 Å². The first-order chi connectivity index (χ1) is 11.6. The summed E-state index contributed by atoms with van der Waals surface area (Å²) in [6, 6.07) is 14.4. The lowest BCUT2D eigenvalue weighted by molar-refractivity contribution is -0.117. The van der Waals surface area contributed by atoms with E-state index in [1.54, 1.807) is 6.92 Å². The third kappa shape index (κ3) is 3.33. The second-order valence-electron chi connectivity index (χ2n) is 5.35. The third-order valence-corrected chi connectivity index (χ3v) is 3.90. The molecule has 0 radical (unpaired) electrons. The number of amides is 1. The van der Waals surface area contributed by atoms with Gasteiger partial charge in [-0.15, -0.1) is 0 Å². The van der Waals surface area contributed by atoms with Crippen LogP contribution in [0.1, 0.15) is 13.8 Å². The van der Waals surface area contributed by atoms with Crippen LogP contribution in [0.3, 0.4) is 0 Å². The van der Waals surface area contributed by atoms with E-state index < -0.39 is 0 Å². The Balaban J connectivity index is 1.70. The largest absolute Gasteiger partial charge is 0.494 e. The lowest BCUT2D eigenvalue weighted by Gasteiger charge is -2.15. The van der Waals surface area contributed by atoms with Crippen molar-refractivity contribution in [2.24, 2.45) is 0 Å². The van der Waals surface area contributed by atoms with Gasteiger partial charge in [-0.25, -0.2) is 0 Å². The summed E-state index contributed by atoms with van der Waals surface area (Å²) in [4.78, 5) is 13.6. The minimum Gasteiger partial charge on any atom is -0.494 e. The van der Waals surface area contributed by atoms with Crippen LogP contribution < -0.4 is 19.7 Å². The molecule has 1 saturated heterocycles. The van der Waals surface area contributed by atoms with Crippen LogP contribution in [0, 0.1) is 0 Å². The van der Waals surface area contributed by atoms with Crippen molar-refractivity contribution in [1.29, 1.82) is 0 Å². The molecule has 1 unspecified atom stereocenters. The van der Waals surface area contributed by atoms with Crippen LogP contribution in [-0.2, 0) is 4.79 Å². The van der Waals surface area contributed by atoms with Gasteiger partial charge in [0.15, 0.2) is 5.11 Å². The molecule has 1 fully saturated rings. The zero-order valence-electron chi connectivity index (χ0n) is 13.5. The summed E-state index contributed by atoms with van der Waals surface area (Å²) in [7, 11) is 0. The summed E-state index contributed by atoms with van der Waals surface area (Å²) in [6.07, 6.45) is 0. The summed E-state index contributed by atoms with van der Waals surface area (Å²) >= 11 is 5.20. The van der Waals surface area contributed by atoms with Crippen LogP contribution in [0.15, 0.2) is 48.5 Å². The monoisotopic (exact) mass is 342 g/mol. The number of nitrogens with zero attached hydrogens (tertiary/aromatic N) is 1. The maximum absolute atomic E-state index is 12.1. The Morgan fingerprint density at radius 2 is 1.58 bits per heavy atom. The molecule has 1 N–H and O–H groups in total. The van der Waals surface area contributed by atoms with Crippen molar-refractivity contribution < 1.29 is 14.3 Å². The molecule has 1 amide bonds. The van der Waals surface area contributed by atoms with Gasteiger partial charge in [0.25, 0.3) is 5.91 Å². The van der Waals surface area contributed by atoms with Crippen LogP contribution in [0.4, 0.5) is 5.69 Å². The number of nitrogens with one attached hydrogen (secondary N) is 1. The lowest BCUT2D eigenvalue weighted by Crippen LogP contribution is -2.30. The van der Waals surface area contributed by atoms with Crippen LogP contribution in [0.25, 0.3) is 0 Å². The fourth-order valence-corrected chi connectivity index (χ4v) is 2.79. The van der Waals surface area contributed by atoms with Crippen molar-refractivity contribution in [1.82, 2.24) is 5.32 Å². The summed E-state index contributed by atoms with van der Waals surface area (Å²) < 4.78 is 11.2. The number of carbonyl (C=O) groups excluding carboxylic acids is 1. The molecule has 2 aromatic rings. The van der Waals surface area contributed by atoms with E-state index in [1.165, 1.54) is 4.90 Å². The van der Waals surface area contributed by atoms with Gasteiger partial charge in [-0.1, -0.05) is 0 Å². The Bertz CT molecular complexity index is 744. The number of benzene rings is 2. The first kappa shape index (κ1) is 16.3. The minimum absolute atomic E-state index is 0.0554. The maximum atomic E-state index is 12.1. The zero-order chi connectivity index (χ0) is 17.1. The first-order valence-corrected chi connectivity index (χ1v) is 8.14. The van der Waals surface area contributed by atoms with Crippen molar-refractivity contribution in [3.05, 3.63) is 48.5 Å². The van der Waals surface area contributed by atoms with Gasteiger partial charge in [-0.3, -0.25) is 9.69 Å². The second kappa shape index (κ2) is 6.88. The van der Waals surface area contributed by atoms with E-state index in [1.807, 2.05) is 55.5 Å². The third-order valence-electron chi connectivity index (χ3n) is 3.60. The predicted octanol–water partition coefficient (Wildman–Crippen LogP) is 3.49. The van der Waals surface area contributed by atoms with Gasteiger partial charge >= 0.3 is 0 Å². The molecule has 3 rings (SSSR count). The Labute approximate surface area is 146 Å². The highest BCUT2D eigenvalue weighted by atomic mass is 32.1. The zero-order valence-corrected chi connectivity index (χ0v) is 14.3. The normalized spacial score (nSPS) is 16.9. The Morgan fingerprint density at radius 1 is 1.04 bits per heavy atom. The van der Waals surface area contributed by atoms with Gasteiger partial charge in [0.2, 0.25) is 0 Å². The molecule has 0 saturated carbocycles. The van der Waals surface area contributed by atoms with Crippen molar-refractivity contribution >= 4 is 28.9 Å². The lowest BCUT2D eigenvalue weighted by atomic mass is 10.2. The van der Waals surface area contributed by atoms with Gasteiger partial charge in [-0.2, -0.15) is 0 Å². The van der Waals surface area contributed by atoms with Crippen LogP contribution in [0.5, 0.6) is 17.2 Å². The van der Waals surface area contributed by atoms with Crippen LogP contribution in [-0.4, -0.2) is 23.7 Å². The topological polar surface area (TPSA) is 50.8 Å². The van der Waals surface area contributed by atoms with Crippen LogP contribution >= 0.6 is 12.2 Å². The quantitative estimate of drug-likeness (QED) is 0.843. The van der Waals surface area contributed by atoms with Gasteiger partial charge in [-0.05, 0) is 74.6 Å². The van der Waals surface area contributed by atoms with Crippen molar-refractivity contribution in [3.8, 4) is 17.2 Å². The highest BCUT2D eigenvalue weighted by Crippen LogP contribution is 2.27. The molecule has 0 bridgehead atoms. The number of anilines is 1. The molecular formula is C18H18N2O3S. The molecule has 0 aromatic heterocycles.